The van der Waals surface area contributed by atoms with Crippen molar-refractivity contribution in [1.82, 2.24) is 15.0 Å². The predicted molar refractivity (Wildman–Crippen MR) is 99.4 cm³/mol. The van der Waals surface area contributed by atoms with Gasteiger partial charge in [0.25, 0.3) is 5.91 Å². The summed E-state index contributed by atoms with van der Waals surface area (Å²) in [7, 11) is 0. The molecule has 0 aliphatic rings. The number of aryl methyl sites for hydroxylation is 1. The summed E-state index contributed by atoms with van der Waals surface area (Å²) in [5.41, 5.74) is 3.78. The van der Waals surface area contributed by atoms with Crippen molar-refractivity contribution in [3.05, 3.63) is 53.9 Å². The maximum atomic E-state index is 12.1. The molecule has 2 N–H and O–H groups in total. The van der Waals surface area contributed by atoms with Gasteiger partial charge < -0.3 is 9.72 Å². The number of hydrogen-bond donors (Lipinski definition) is 2. The van der Waals surface area contributed by atoms with E-state index in [1.54, 1.807) is 24.5 Å². The maximum Gasteiger partial charge on any atom is 0.338 e. The lowest BCUT2D eigenvalue weighted by Crippen LogP contribution is -2.20. The number of nitrogens with one attached hydrogen (secondary N) is 2. The molecular formula is C18H14N4O3S. The lowest BCUT2D eigenvalue weighted by atomic mass is 10.2. The Morgan fingerprint density at radius 1 is 1.19 bits per heavy atom. The average molecular weight is 366 g/mol. The van der Waals surface area contributed by atoms with Crippen molar-refractivity contribution in [2.45, 2.75) is 6.92 Å². The minimum absolute atomic E-state index is 0.352. The first-order valence-corrected chi connectivity index (χ1v) is 8.67. The van der Waals surface area contributed by atoms with Crippen molar-refractivity contribution in [1.29, 1.82) is 0 Å². The molecule has 2 aromatic heterocycles. The van der Waals surface area contributed by atoms with Gasteiger partial charge in [0.15, 0.2) is 11.7 Å². The van der Waals surface area contributed by atoms with Crippen molar-refractivity contribution in [3.8, 4) is 0 Å². The van der Waals surface area contributed by atoms with Crippen molar-refractivity contribution in [3.63, 3.8) is 0 Å². The van der Waals surface area contributed by atoms with Crippen LogP contribution in [0.3, 0.4) is 0 Å². The van der Waals surface area contributed by atoms with Crippen LogP contribution in [-0.4, -0.2) is 33.4 Å². The summed E-state index contributed by atoms with van der Waals surface area (Å²) in [4.78, 5) is 35.5. The number of thiazole rings is 1. The Kier molecular flexibility index (Phi) is 4.10. The van der Waals surface area contributed by atoms with Crippen molar-refractivity contribution in [2.75, 3.05) is 11.9 Å². The quantitative estimate of drug-likeness (QED) is 0.540. The van der Waals surface area contributed by atoms with E-state index in [0.717, 1.165) is 26.8 Å². The first kappa shape index (κ1) is 16.2. The van der Waals surface area contributed by atoms with Crippen LogP contribution in [0.5, 0.6) is 0 Å². The van der Waals surface area contributed by atoms with Crippen LogP contribution in [0.15, 0.2) is 42.7 Å². The summed E-state index contributed by atoms with van der Waals surface area (Å²) in [5, 5.41) is 3.14. The number of H-pyrrole nitrogens is 1. The number of esters is 1. The van der Waals surface area contributed by atoms with Crippen LogP contribution in [0.4, 0.5) is 5.13 Å². The number of imidazole rings is 1. The van der Waals surface area contributed by atoms with Gasteiger partial charge in [-0.1, -0.05) is 17.4 Å². The number of hydrogen-bond acceptors (Lipinski definition) is 6. The van der Waals surface area contributed by atoms with Gasteiger partial charge in [-0.2, -0.15) is 0 Å². The number of aromatic nitrogens is 3. The van der Waals surface area contributed by atoms with E-state index in [1.165, 1.54) is 11.3 Å². The number of aromatic amines is 1. The molecule has 1 amide bonds. The fraction of sp³-hybridized carbons (Fsp3) is 0.111. The summed E-state index contributed by atoms with van der Waals surface area (Å²) in [5.74, 6) is -1.01. The van der Waals surface area contributed by atoms with Gasteiger partial charge in [-0.05, 0) is 42.8 Å². The average Bonchev–Trinajstić information content (AvgIpc) is 3.24. The molecule has 4 rings (SSSR count). The van der Waals surface area contributed by atoms with E-state index in [-0.39, 0.29) is 6.61 Å². The summed E-state index contributed by atoms with van der Waals surface area (Å²) >= 11 is 1.38. The molecule has 0 atom stereocenters. The Morgan fingerprint density at radius 2 is 2.04 bits per heavy atom. The van der Waals surface area contributed by atoms with E-state index in [4.69, 9.17) is 4.74 Å². The predicted octanol–water partition coefficient (Wildman–Crippen LogP) is 3.28. The molecule has 4 aromatic rings. The molecule has 0 aliphatic carbocycles. The van der Waals surface area contributed by atoms with Crippen LogP contribution < -0.4 is 5.32 Å². The molecule has 0 aliphatic heterocycles. The Bertz CT molecular complexity index is 1130. The molecule has 0 fully saturated rings. The fourth-order valence-electron chi connectivity index (χ4n) is 2.52. The second-order valence-corrected chi connectivity index (χ2v) is 6.78. The smallest absolute Gasteiger partial charge is 0.338 e. The number of amides is 1. The molecule has 0 bridgehead atoms. The molecule has 0 spiro atoms. The molecule has 2 heterocycles. The molecule has 0 unspecified atom stereocenters. The molecule has 7 nitrogen and oxygen atoms in total. The normalized spacial score (nSPS) is 11.0. The maximum absolute atomic E-state index is 12.1. The zero-order chi connectivity index (χ0) is 18.1. The molecule has 0 radical (unpaired) electrons. The summed E-state index contributed by atoms with van der Waals surface area (Å²) < 4.78 is 6.06. The summed E-state index contributed by atoms with van der Waals surface area (Å²) in [6.45, 7) is 1.62. The number of benzene rings is 2. The second kappa shape index (κ2) is 6.57. The summed E-state index contributed by atoms with van der Waals surface area (Å²) in [6, 6.07) is 10.8. The third kappa shape index (κ3) is 3.27. The highest BCUT2D eigenvalue weighted by Crippen LogP contribution is 2.26. The molecule has 26 heavy (non-hydrogen) atoms. The summed E-state index contributed by atoms with van der Waals surface area (Å²) in [6.07, 6.45) is 1.55. The second-order valence-electron chi connectivity index (χ2n) is 5.75. The minimum atomic E-state index is -0.573. The number of nitrogens with zero attached hydrogens (tertiary/aromatic N) is 2. The Hall–Kier alpha value is -3.26. The third-order valence-electron chi connectivity index (χ3n) is 3.78. The molecule has 0 saturated heterocycles. The van der Waals surface area contributed by atoms with Gasteiger partial charge in [0, 0.05) is 0 Å². The number of fused-ring (bicyclic) bond motifs is 2. The van der Waals surface area contributed by atoms with E-state index in [2.05, 4.69) is 20.3 Å². The van der Waals surface area contributed by atoms with E-state index in [0.29, 0.717) is 10.7 Å². The zero-order valence-electron chi connectivity index (χ0n) is 13.8. The third-order valence-corrected chi connectivity index (χ3v) is 4.71. The number of anilines is 1. The number of ether oxygens (including phenoxy) is 1. The van der Waals surface area contributed by atoms with E-state index < -0.39 is 11.9 Å². The highest BCUT2D eigenvalue weighted by atomic mass is 32.1. The van der Waals surface area contributed by atoms with Crippen LogP contribution in [0.25, 0.3) is 21.3 Å². The molecule has 8 heteroatoms. The van der Waals surface area contributed by atoms with Gasteiger partial charge in [-0.25, -0.2) is 14.8 Å². The monoisotopic (exact) mass is 366 g/mol. The number of rotatable bonds is 4. The first-order chi connectivity index (χ1) is 12.6. The minimum Gasteiger partial charge on any atom is -0.452 e. The standard InChI is InChI=1S/C18H14N4O3S/c1-10-2-4-13-15(6-10)26-18(21-13)22-16(23)8-25-17(24)11-3-5-12-14(7-11)20-9-19-12/h2-7,9H,8H2,1H3,(H,19,20)(H,21,22,23). The Morgan fingerprint density at radius 3 is 2.92 bits per heavy atom. The zero-order valence-corrected chi connectivity index (χ0v) is 14.6. The van der Waals surface area contributed by atoms with Crippen molar-refractivity contribution >= 4 is 49.6 Å². The van der Waals surface area contributed by atoms with Gasteiger partial charge in [-0.3, -0.25) is 10.1 Å². The lowest BCUT2D eigenvalue weighted by Gasteiger charge is -2.04. The topological polar surface area (TPSA) is 97.0 Å². The van der Waals surface area contributed by atoms with Crippen molar-refractivity contribution < 1.29 is 14.3 Å². The fourth-order valence-corrected chi connectivity index (χ4v) is 3.50. The van der Waals surface area contributed by atoms with Crippen LogP contribution >= 0.6 is 11.3 Å². The lowest BCUT2D eigenvalue weighted by molar-refractivity contribution is -0.119. The Labute approximate surface area is 152 Å². The van der Waals surface area contributed by atoms with Gasteiger partial charge in [0.1, 0.15) is 0 Å². The Balaban J connectivity index is 1.38. The van der Waals surface area contributed by atoms with E-state index in [1.807, 2.05) is 25.1 Å². The molecule has 2 aromatic carbocycles. The first-order valence-electron chi connectivity index (χ1n) is 7.86. The highest BCUT2D eigenvalue weighted by Gasteiger charge is 2.13. The SMILES string of the molecule is Cc1ccc2nc(NC(=O)COC(=O)c3ccc4nc[nH]c4c3)sc2c1. The molecular weight excluding hydrogens is 352 g/mol. The van der Waals surface area contributed by atoms with Crippen LogP contribution in [0.1, 0.15) is 15.9 Å². The molecule has 130 valence electrons. The van der Waals surface area contributed by atoms with Gasteiger partial charge in [0.2, 0.25) is 0 Å². The largest absolute Gasteiger partial charge is 0.452 e. The van der Waals surface area contributed by atoms with Gasteiger partial charge in [-0.15, -0.1) is 0 Å². The number of carbonyl (C=O) groups excluding carboxylic acids is 2. The number of carbonyl (C=O) groups is 2. The van der Waals surface area contributed by atoms with E-state index in [9.17, 15) is 9.59 Å². The van der Waals surface area contributed by atoms with Gasteiger partial charge in [0.05, 0.1) is 33.1 Å². The van der Waals surface area contributed by atoms with Crippen LogP contribution in [0.2, 0.25) is 0 Å². The molecule has 0 saturated carbocycles. The highest BCUT2D eigenvalue weighted by molar-refractivity contribution is 7.22. The van der Waals surface area contributed by atoms with Gasteiger partial charge >= 0.3 is 5.97 Å². The van der Waals surface area contributed by atoms with E-state index >= 15 is 0 Å². The van der Waals surface area contributed by atoms with Crippen LogP contribution in [0, 0.1) is 6.92 Å². The van der Waals surface area contributed by atoms with Crippen LogP contribution in [-0.2, 0) is 9.53 Å². The van der Waals surface area contributed by atoms with Crippen molar-refractivity contribution in [2.24, 2.45) is 0 Å².